The van der Waals surface area contributed by atoms with E-state index in [1.54, 1.807) is 6.20 Å². The largest absolute Gasteiger partial charge is 0.394 e. The summed E-state index contributed by atoms with van der Waals surface area (Å²) in [7, 11) is 0. The highest BCUT2D eigenvalue weighted by Crippen LogP contribution is 2.35. The number of nitrogen functional groups attached to an aromatic ring is 1. The SMILES string of the molecule is Nc1nc2c(c(-c3ccccc3)cn2[C@@H]2O[C@H](CO)[C@@H](O)[C@H]2O)c(=O)[nH]1. The lowest BCUT2D eigenvalue weighted by Gasteiger charge is -2.17. The average molecular weight is 358 g/mol. The molecule has 4 rings (SSSR count). The van der Waals surface area contributed by atoms with Gasteiger partial charge in [0.2, 0.25) is 5.95 Å². The van der Waals surface area contributed by atoms with Crippen LogP contribution in [-0.2, 0) is 4.74 Å². The van der Waals surface area contributed by atoms with E-state index < -0.39 is 36.7 Å². The molecule has 9 heteroatoms. The molecule has 3 heterocycles. The Morgan fingerprint density at radius 3 is 2.62 bits per heavy atom. The van der Waals surface area contributed by atoms with Crippen LogP contribution in [-0.4, -0.2) is 54.8 Å². The molecule has 6 N–H and O–H groups in total. The highest BCUT2D eigenvalue weighted by atomic mass is 16.6. The fraction of sp³-hybridized carbons (Fsp3) is 0.294. The summed E-state index contributed by atoms with van der Waals surface area (Å²) in [5.74, 6) is -0.0757. The maximum Gasteiger partial charge on any atom is 0.262 e. The minimum Gasteiger partial charge on any atom is -0.394 e. The molecule has 1 aliphatic heterocycles. The Kier molecular flexibility index (Phi) is 4.00. The number of aromatic nitrogens is 3. The zero-order valence-corrected chi connectivity index (χ0v) is 13.6. The Labute approximate surface area is 147 Å². The first kappa shape index (κ1) is 16.7. The first-order valence-electron chi connectivity index (χ1n) is 8.09. The maximum absolute atomic E-state index is 12.5. The smallest absolute Gasteiger partial charge is 0.262 e. The molecule has 1 fully saturated rings. The lowest BCUT2D eigenvalue weighted by atomic mass is 10.1. The third-order valence-electron chi connectivity index (χ3n) is 4.58. The predicted octanol–water partition coefficient (Wildman–Crippen LogP) is -0.415. The van der Waals surface area contributed by atoms with E-state index in [1.165, 1.54) is 4.57 Å². The number of benzene rings is 1. The van der Waals surface area contributed by atoms with Crippen LogP contribution < -0.4 is 11.3 Å². The highest BCUT2D eigenvalue weighted by molar-refractivity contribution is 5.94. The number of anilines is 1. The number of hydrogen-bond acceptors (Lipinski definition) is 7. The van der Waals surface area contributed by atoms with Crippen molar-refractivity contribution in [3.63, 3.8) is 0 Å². The highest BCUT2D eigenvalue weighted by Gasteiger charge is 2.44. The number of aromatic amines is 1. The van der Waals surface area contributed by atoms with Crippen LogP contribution in [0.25, 0.3) is 22.2 Å². The van der Waals surface area contributed by atoms with Gasteiger partial charge in [-0.05, 0) is 5.56 Å². The van der Waals surface area contributed by atoms with Crippen molar-refractivity contribution < 1.29 is 20.1 Å². The van der Waals surface area contributed by atoms with Crippen molar-refractivity contribution in [2.75, 3.05) is 12.3 Å². The number of rotatable bonds is 3. The Morgan fingerprint density at radius 2 is 1.96 bits per heavy atom. The Bertz CT molecular complexity index is 1000. The van der Waals surface area contributed by atoms with Crippen LogP contribution in [0.4, 0.5) is 5.95 Å². The van der Waals surface area contributed by atoms with Crippen LogP contribution in [0, 0.1) is 0 Å². The van der Waals surface area contributed by atoms with Crippen molar-refractivity contribution in [2.45, 2.75) is 24.5 Å². The van der Waals surface area contributed by atoms with Gasteiger partial charge < -0.3 is 30.4 Å². The summed E-state index contributed by atoms with van der Waals surface area (Å²) in [6.07, 6.45) is -2.89. The van der Waals surface area contributed by atoms with Crippen molar-refractivity contribution in [3.05, 3.63) is 46.9 Å². The van der Waals surface area contributed by atoms with Crippen LogP contribution >= 0.6 is 0 Å². The van der Waals surface area contributed by atoms with Gasteiger partial charge in [-0.1, -0.05) is 30.3 Å². The van der Waals surface area contributed by atoms with Crippen molar-refractivity contribution in [3.8, 4) is 11.1 Å². The molecule has 2 aromatic heterocycles. The summed E-state index contributed by atoms with van der Waals surface area (Å²) in [6, 6.07) is 9.21. The monoisotopic (exact) mass is 358 g/mol. The fourth-order valence-corrected chi connectivity index (χ4v) is 3.31. The number of fused-ring (bicyclic) bond motifs is 1. The summed E-state index contributed by atoms with van der Waals surface area (Å²) in [4.78, 5) is 19.2. The molecule has 1 saturated heterocycles. The van der Waals surface area contributed by atoms with E-state index in [2.05, 4.69) is 9.97 Å². The van der Waals surface area contributed by atoms with Gasteiger partial charge in [0.15, 0.2) is 11.9 Å². The Balaban J connectivity index is 1.95. The van der Waals surface area contributed by atoms with E-state index in [4.69, 9.17) is 10.5 Å². The standard InChI is InChI=1S/C17H18N4O5/c18-17-19-14-11(15(25)20-17)9(8-4-2-1-3-5-8)6-21(14)16-13(24)12(23)10(7-22)26-16/h1-6,10,12-13,16,22-24H,7H2,(H3,18,19,20,25)/t10-,12-,13-,16-/m1/s1. The number of hydrogen-bond donors (Lipinski definition) is 5. The van der Waals surface area contributed by atoms with Gasteiger partial charge in [-0.25, -0.2) is 0 Å². The molecule has 4 atom stereocenters. The third kappa shape index (κ3) is 2.49. The second-order valence-corrected chi connectivity index (χ2v) is 6.19. The number of ether oxygens (including phenoxy) is 1. The molecule has 0 radical (unpaired) electrons. The normalized spacial score (nSPS) is 25.8. The van der Waals surface area contributed by atoms with Crippen LogP contribution in [0.3, 0.4) is 0 Å². The first-order chi connectivity index (χ1) is 12.5. The lowest BCUT2D eigenvalue weighted by Crippen LogP contribution is -2.33. The van der Waals surface area contributed by atoms with Crippen LogP contribution in [0.5, 0.6) is 0 Å². The van der Waals surface area contributed by atoms with Gasteiger partial charge in [0.25, 0.3) is 5.56 Å². The molecule has 3 aromatic rings. The number of nitrogens with zero attached hydrogens (tertiary/aromatic N) is 2. The van der Waals surface area contributed by atoms with Crippen LogP contribution in [0.2, 0.25) is 0 Å². The van der Waals surface area contributed by atoms with Crippen molar-refractivity contribution >= 4 is 17.0 Å². The van der Waals surface area contributed by atoms with Gasteiger partial charge in [0.05, 0.1) is 12.0 Å². The molecule has 0 bridgehead atoms. The molecule has 0 spiro atoms. The van der Waals surface area contributed by atoms with E-state index in [-0.39, 0.29) is 11.6 Å². The minimum absolute atomic E-state index is 0.0757. The third-order valence-corrected chi connectivity index (χ3v) is 4.58. The predicted molar refractivity (Wildman–Crippen MR) is 93.2 cm³/mol. The molecule has 0 aliphatic carbocycles. The van der Waals surface area contributed by atoms with Crippen molar-refractivity contribution in [1.29, 1.82) is 0 Å². The van der Waals surface area contributed by atoms with Gasteiger partial charge in [-0.3, -0.25) is 9.78 Å². The second-order valence-electron chi connectivity index (χ2n) is 6.19. The van der Waals surface area contributed by atoms with E-state index in [1.807, 2.05) is 30.3 Å². The summed E-state index contributed by atoms with van der Waals surface area (Å²) >= 11 is 0. The zero-order valence-electron chi connectivity index (χ0n) is 13.6. The molecule has 0 saturated carbocycles. The molecule has 9 nitrogen and oxygen atoms in total. The number of aliphatic hydroxyl groups is 3. The van der Waals surface area contributed by atoms with Gasteiger partial charge in [-0.15, -0.1) is 0 Å². The Hall–Kier alpha value is -2.72. The van der Waals surface area contributed by atoms with E-state index in [0.29, 0.717) is 10.9 Å². The van der Waals surface area contributed by atoms with Crippen LogP contribution in [0.1, 0.15) is 6.23 Å². The van der Waals surface area contributed by atoms with E-state index in [9.17, 15) is 20.1 Å². The minimum atomic E-state index is -1.30. The summed E-state index contributed by atoms with van der Waals surface area (Å²) in [6.45, 7) is -0.449. The number of nitrogens with one attached hydrogen (secondary N) is 1. The molecule has 136 valence electrons. The van der Waals surface area contributed by atoms with Crippen LogP contribution in [0.15, 0.2) is 41.3 Å². The maximum atomic E-state index is 12.5. The van der Waals surface area contributed by atoms with Gasteiger partial charge in [0.1, 0.15) is 18.3 Å². The summed E-state index contributed by atoms with van der Waals surface area (Å²) < 4.78 is 7.04. The van der Waals surface area contributed by atoms with E-state index >= 15 is 0 Å². The topological polar surface area (TPSA) is 147 Å². The van der Waals surface area contributed by atoms with Gasteiger partial charge in [-0.2, -0.15) is 4.98 Å². The summed E-state index contributed by atoms with van der Waals surface area (Å²) in [5.41, 5.74) is 6.85. The number of nitrogens with two attached hydrogens (primary N) is 1. The molecule has 0 amide bonds. The van der Waals surface area contributed by atoms with Gasteiger partial charge >= 0.3 is 0 Å². The van der Waals surface area contributed by atoms with Crippen molar-refractivity contribution in [2.24, 2.45) is 0 Å². The average Bonchev–Trinajstić information content (AvgIpc) is 3.14. The van der Waals surface area contributed by atoms with E-state index in [0.717, 1.165) is 5.56 Å². The van der Waals surface area contributed by atoms with Crippen molar-refractivity contribution in [1.82, 2.24) is 14.5 Å². The quantitative estimate of drug-likeness (QED) is 0.427. The molecular weight excluding hydrogens is 340 g/mol. The molecule has 1 aliphatic rings. The zero-order chi connectivity index (χ0) is 18.4. The second kappa shape index (κ2) is 6.22. The molecular formula is C17H18N4O5. The Morgan fingerprint density at radius 1 is 1.23 bits per heavy atom. The number of H-pyrrole nitrogens is 1. The lowest BCUT2D eigenvalue weighted by molar-refractivity contribution is -0.0508. The molecule has 1 aromatic carbocycles. The van der Waals surface area contributed by atoms with Gasteiger partial charge in [0, 0.05) is 11.8 Å². The molecule has 26 heavy (non-hydrogen) atoms. The number of aliphatic hydroxyl groups excluding tert-OH is 3. The fourth-order valence-electron chi connectivity index (χ4n) is 3.31. The molecule has 0 unspecified atom stereocenters. The summed E-state index contributed by atoms with van der Waals surface area (Å²) in [5, 5.41) is 30.0. The first-order valence-corrected chi connectivity index (χ1v) is 8.09.